The molecule has 0 spiro atoms. The van der Waals surface area contributed by atoms with E-state index in [1.165, 1.54) is 6.08 Å². The minimum Gasteiger partial charge on any atom is -0.461 e. The summed E-state index contributed by atoms with van der Waals surface area (Å²) >= 11 is 0. The van der Waals surface area contributed by atoms with Crippen LogP contribution in [-0.2, 0) is 22.6 Å². The van der Waals surface area contributed by atoms with Gasteiger partial charge in [-0.15, -0.1) is 0 Å². The summed E-state index contributed by atoms with van der Waals surface area (Å²) in [5.74, 6) is 1.01. The van der Waals surface area contributed by atoms with Crippen LogP contribution in [0.3, 0.4) is 0 Å². The number of likely N-dealkylation sites (N-methyl/N-ethyl adjacent to an activating group) is 1. The quantitative estimate of drug-likeness (QED) is 0.633. The molecule has 4 rings (SSSR count). The summed E-state index contributed by atoms with van der Waals surface area (Å²) in [4.78, 5) is 30.7. The third-order valence-corrected chi connectivity index (χ3v) is 5.78. The fourth-order valence-corrected chi connectivity index (χ4v) is 3.85. The summed E-state index contributed by atoms with van der Waals surface area (Å²) in [5.41, 5.74) is 9.50. The number of benzene rings is 1. The number of hydrogen-bond acceptors (Lipinski definition) is 5. The first kappa shape index (κ1) is 20.8. The Bertz CT molecular complexity index is 1180. The third kappa shape index (κ3) is 4.22. The van der Waals surface area contributed by atoms with Crippen LogP contribution in [0.4, 0.5) is 5.82 Å². The van der Waals surface area contributed by atoms with E-state index in [9.17, 15) is 9.59 Å². The summed E-state index contributed by atoms with van der Waals surface area (Å²) in [6.07, 6.45) is 5.55. The fourth-order valence-electron chi connectivity index (χ4n) is 3.85. The number of nitrogens with two attached hydrogens (primary N) is 1. The zero-order chi connectivity index (χ0) is 22.1. The Morgan fingerprint density at radius 2 is 2.16 bits per heavy atom. The van der Waals surface area contributed by atoms with Crippen molar-refractivity contribution in [2.75, 3.05) is 12.4 Å². The average molecular weight is 418 g/mol. The minimum atomic E-state index is -0.564. The van der Waals surface area contributed by atoms with Crippen molar-refractivity contribution in [3.8, 4) is 0 Å². The molecule has 0 fully saturated rings. The van der Waals surface area contributed by atoms with Crippen LogP contribution in [0.2, 0.25) is 0 Å². The van der Waals surface area contributed by atoms with Crippen molar-refractivity contribution >= 4 is 34.7 Å². The summed E-state index contributed by atoms with van der Waals surface area (Å²) in [6.45, 7) is 4.31. The Balaban J connectivity index is 1.48. The van der Waals surface area contributed by atoms with Gasteiger partial charge in [-0.1, -0.05) is 25.1 Å². The Hall–Kier alpha value is -3.45. The number of carbonyl (C=O) groups is 2. The van der Waals surface area contributed by atoms with E-state index in [0.29, 0.717) is 18.8 Å². The molecule has 0 bridgehead atoms. The van der Waals surface area contributed by atoms with Gasteiger partial charge in [-0.3, -0.25) is 9.59 Å². The molecule has 2 aromatic heterocycles. The van der Waals surface area contributed by atoms with Gasteiger partial charge in [-0.05, 0) is 48.6 Å². The fraction of sp³-hybridized carbons (Fsp3) is 0.292. The van der Waals surface area contributed by atoms with Crippen molar-refractivity contribution in [2.45, 2.75) is 32.9 Å². The zero-order valence-electron chi connectivity index (χ0n) is 17.9. The highest BCUT2D eigenvalue weighted by Crippen LogP contribution is 2.27. The van der Waals surface area contributed by atoms with Gasteiger partial charge in [0, 0.05) is 36.8 Å². The van der Waals surface area contributed by atoms with Gasteiger partial charge in [-0.2, -0.15) is 0 Å². The first-order chi connectivity index (χ1) is 14.8. The first-order valence-electron chi connectivity index (χ1n) is 10.3. The standard InChI is InChI=1S/C24H26N4O3/c1-14-10-17-11-16(12-26-23(17)27-24(30)22(14)25)8-9-21(29)28(3)13-19-15(2)31-20-7-5-4-6-18(19)20/h4-9,11-12,14,22H,10,13,25H2,1-3H3,(H,26,27,30)/b9-8+/t14-,22-/m0/s1. The average Bonchev–Trinajstić information content (AvgIpc) is 3.02. The number of aromatic nitrogens is 1. The number of anilines is 1. The Kier molecular flexibility index (Phi) is 5.61. The molecule has 3 aromatic rings. The summed E-state index contributed by atoms with van der Waals surface area (Å²) in [7, 11) is 1.77. The second-order valence-electron chi connectivity index (χ2n) is 8.13. The SMILES string of the molecule is Cc1oc2ccccc2c1CN(C)C(=O)/C=C/c1cnc2c(c1)C[C@H](C)[C@H](N)C(=O)N2. The number of pyridine rings is 1. The molecule has 2 amide bonds. The van der Waals surface area contributed by atoms with E-state index >= 15 is 0 Å². The number of fused-ring (bicyclic) bond motifs is 2. The van der Waals surface area contributed by atoms with E-state index in [4.69, 9.17) is 10.2 Å². The number of amides is 2. The number of carbonyl (C=O) groups excluding carboxylic acids is 2. The van der Waals surface area contributed by atoms with Crippen LogP contribution in [0, 0.1) is 12.8 Å². The first-order valence-corrected chi connectivity index (χ1v) is 10.3. The molecule has 3 N–H and O–H groups in total. The minimum absolute atomic E-state index is 0.00284. The zero-order valence-corrected chi connectivity index (χ0v) is 17.9. The maximum absolute atomic E-state index is 12.7. The predicted octanol–water partition coefficient (Wildman–Crippen LogP) is 3.27. The molecule has 160 valence electrons. The highest BCUT2D eigenvalue weighted by molar-refractivity contribution is 5.96. The normalized spacial score (nSPS) is 18.6. The number of nitrogens with zero attached hydrogens (tertiary/aromatic N) is 2. The van der Waals surface area contributed by atoms with Gasteiger partial charge < -0.3 is 20.4 Å². The van der Waals surface area contributed by atoms with Crippen molar-refractivity contribution in [1.29, 1.82) is 0 Å². The van der Waals surface area contributed by atoms with Crippen LogP contribution < -0.4 is 11.1 Å². The van der Waals surface area contributed by atoms with Crippen LogP contribution in [0.5, 0.6) is 0 Å². The number of aryl methyl sites for hydroxylation is 1. The maximum atomic E-state index is 12.7. The lowest BCUT2D eigenvalue weighted by molar-refractivity contribution is -0.125. The van der Waals surface area contributed by atoms with Crippen LogP contribution in [0.1, 0.15) is 29.4 Å². The molecular weight excluding hydrogens is 392 g/mol. The van der Waals surface area contributed by atoms with Gasteiger partial charge in [0.2, 0.25) is 11.8 Å². The van der Waals surface area contributed by atoms with Crippen LogP contribution in [-0.4, -0.2) is 34.8 Å². The molecule has 0 aliphatic carbocycles. The number of furan rings is 1. The molecule has 2 atom stereocenters. The van der Waals surface area contributed by atoms with Crippen LogP contribution in [0.15, 0.2) is 47.0 Å². The largest absolute Gasteiger partial charge is 0.461 e. The van der Waals surface area contributed by atoms with Crippen molar-refractivity contribution in [3.05, 3.63) is 65.1 Å². The second kappa shape index (κ2) is 8.35. The van der Waals surface area contributed by atoms with E-state index in [1.807, 2.05) is 44.2 Å². The van der Waals surface area contributed by atoms with Gasteiger partial charge in [0.25, 0.3) is 0 Å². The monoisotopic (exact) mass is 418 g/mol. The molecule has 0 saturated heterocycles. The number of nitrogens with one attached hydrogen (secondary N) is 1. The predicted molar refractivity (Wildman–Crippen MR) is 120 cm³/mol. The van der Waals surface area contributed by atoms with Crippen molar-refractivity contribution in [1.82, 2.24) is 9.88 Å². The summed E-state index contributed by atoms with van der Waals surface area (Å²) in [5, 5.41) is 3.80. The van der Waals surface area contributed by atoms with Gasteiger partial charge in [-0.25, -0.2) is 4.98 Å². The lowest BCUT2D eigenvalue weighted by Crippen LogP contribution is -2.39. The lowest BCUT2D eigenvalue weighted by Gasteiger charge is -2.15. The van der Waals surface area contributed by atoms with Crippen molar-refractivity contribution in [3.63, 3.8) is 0 Å². The van der Waals surface area contributed by atoms with Gasteiger partial charge in [0.15, 0.2) is 0 Å². The molecule has 7 nitrogen and oxygen atoms in total. The second-order valence-corrected chi connectivity index (χ2v) is 8.13. The number of para-hydroxylation sites is 1. The molecular formula is C24H26N4O3. The van der Waals surface area contributed by atoms with Crippen molar-refractivity contribution in [2.24, 2.45) is 11.7 Å². The van der Waals surface area contributed by atoms with Gasteiger partial charge >= 0.3 is 0 Å². The summed E-state index contributed by atoms with van der Waals surface area (Å²) < 4.78 is 5.79. The number of rotatable bonds is 4. The van der Waals surface area contributed by atoms with Crippen LogP contribution >= 0.6 is 0 Å². The molecule has 0 radical (unpaired) electrons. The van der Waals surface area contributed by atoms with E-state index in [0.717, 1.165) is 33.4 Å². The van der Waals surface area contributed by atoms with Gasteiger partial charge in [0.05, 0.1) is 6.04 Å². The molecule has 31 heavy (non-hydrogen) atoms. The highest BCUT2D eigenvalue weighted by Gasteiger charge is 2.27. The summed E-state index contributed by atoms with van der Waals surface area (Å²) in [6, 6.07) is 9.20. The Labute approximate surface area is 180 Å². The highest BCUT2D eigenvalue weighted by atomic mass is 16.3. The molecule has 0 saturated carbocycles. The molecule has 3 heterocycles. The lowest BCUT2D eigenvalue weighted by atomic mass is 9.95. The number of hydrogen-bond donors (Lipinski definition) is 2. The molecule has 1 aliphatic rings. The van der Waals surface area contributed by atoms with E-state index in [-0.39, 0.29) is 17.7 Å². The topological polar surface area (TPSA) is 101 Å². The molecule has 1 aromatic carbocycles. The van der Waals surface area contributed by atoms with Gasteiger partial charge in [0.1, 0.15) is 17.2 Å². The third-order valence-electron chi connectivity index (χ3n) is 5.78. The van der Waals surface area contributed by atoms with Crippen LogP contribution in [0.25, 0.3) is 17.0 Å². The maximum Gasteiger partial charge on any atom is 0.246 e. The van der Waals surface area contributed by atoms with E-state index < -0.39 is 6.04 Å². The molecule has 7 heteroatoms. The van der Waals surface area contributed by atoms with E-state index in [2.05, 4.69) is 10.3 Å². The smallest absolute Gasteiger partial charge is 0.246 e. The molecule has 0 unspecified atom stereocenters. The molecule has 1 aliphatic heterocycles. The Morgan fingerprint density at radius 3 is 2.97 bits per heavy atom. The Morgan fingerprint density at radius 1 is 1.39 bits per heavy atom. The van der Waals surface area contributed by atoms with E-state index in [1.54, 1.807) is 24.2 Å². The van der Waals surface area contributed by atoms with Crippen molar-refractivity contribution < 1.29 is 14.0 Å².